The van der Waals surface area contributed by atoms with Crippen molar-refractivity contribution in [2.45, 2.75) is 129 Å². The zero-order chi connectivity index (χ0) is 29.2. The fraction of sp³-hybridized carbons (Fsp3) is 0.639. The second-order valence-corrected chi connectivity index (χ2v) is 10.2. The van der Waals surface area contributed by atoms with E-state index in [9.17, 15) is 9.90 Å². The summed E-state index contributed by atoms with van der Waals surface area (Å²) in [5.74, 6) is -0.227. The predicted octanol–water partition coefficient (Wildman–Crippen LogP) is 9.92. The van der Waals surface area contributed by atoms with Gasteiger partial charge in [0.25, 0.3) is 0 Å². The van der Waals surface area contributed by atoms with Crippen molar-refractivity contribution < 1.29 is 19.4 Å². The number of hydrogen-bond acceptors (Lipinski definition) is 4. The lowest BCUT2D eigenvalue weighted by Gasteiger charge is -2.15. The van der Waals surface area contributed by atoms with E-state index in [1.165, 1.54) is 25.7 Å². The summed E-state index contributed by atoms with van der Waals surface area (Å²) in [4.78, 5) is 11.9. The van der Waals surface area contributed by atoms with Gasteiger partial charge in [-0.2, -0.15) is 0 Å². The molecule has 0 aromatic carbocycles. The third-order valence-corrected chi connectivity index (χ3v) is 6.30. The SMILES string of the molecule is CC/C=C\C/C=C\C/C=C\C/C=C\C/C=C\C/C=C\CCCCCOCC(CO)OC(=O)CCCCCCCC. The molecule has 0 bridgehead atoms. The monoisotopic (exact) mass is 556 g/mol. The quantitative estimate of drug-likeness (QED) is 0.0592. The zero-order valence-electron chi connectivity index (χ0n) is 25.8. The Labute approximate surface area is 247 Å². The molecule has 0 aliphatic carbocycles. The Kier molecular flexibility index (Phi) is 31.2. The largest absolute Gasteiger partial charge is 0.457 e. The van der Waals surface area contributed by atoms with E-state index in [-0.39, 0.29) is 19.2 Å². The number of esters is 1. The van der Waals surface area contributed by atoms with Crippen LogP contribution in [0.1, 0.15) is 123 Å². The van der Waals surface area contributed by atoms with Crippen molar-refractivity contribution in [3.05, 3.63) is 72.9 Å². The van der Waals surface area contributed by atoms with Crippen LogP contribution in [0.3, 0.4) is 0 Å². The molecule has 0 rings (SSSR count). The molecule has 0 amide bonds. The number of hydrogen-bond donors (Lipinski definition) is 1. The minimum atomic E-state index is -0.550. The molecule has 0 spiro atoms. The lowest BCUT2D eigenvalue weighted by Crippen LogP contribution is -2.27. The van der Waals surface area contributed by atoms with Crippen molar-refractivity contribution in [2.24, 2.45) is 0 Å². The molecule has 4 heteroatoms. The van der Waals surface area contributed by atoms with Gasteiger partial charge in [-0.15, -0.1) is 0 Å². The average molecular weight is 557 g/mol. The van der Waals surface area contributed by atoms with E-state index in [2.05, 4.69) is 86.8 Å². The third-order valence-electron chi connectivity index (χ3n) is 6.30. The van der Waals surface area contributed by atoms with E-state index in [4.69, 9.17) is 9.47 Å². The topological polar surface area (TPSA) is 55.8 Å². The van der Waals surface area contributed by atoms with Gasteiger partial charge in [0.15, 0.2) is 0 Å². The summed E-state index contributed by atoms with van der Waals surface area (Å²) in [7, 11) is 0. The standard InChI is InChI=1S/C36H60O4/c1-3-5-7-9-11-12-13-14-15-16-17-18-19-20-21-22-23-24-25-26-28-30-32-39-34-35(33-37)40-36(38)31-29-27-10-8-6-4-2/h5,7,11-12,14-15,17-18,20-21,23-24,35,37H,3-4,6,8-10,13,16,19,22,25-34H2,1-2H3/b7-5-,12-11-,15-14-,18-17-,21-20-,24-23-. The fourth-order valence-corrected chi connectivity index (χ4v) is 3.92. The molecule has 0 saturated heterocycles. The molecule has 0 fully saturated rings. The van der Waals surface area contributed by atoms with E-state index in [1.807, 2.05) is 0 Å². The first-order chi connectivity index (χ1) is 19.7. The third kappa shape index (κ3) is 30.4. The highest BCUT2D eigenvalue weighted by Gasteiger charge is 2.13. The number of rotatable bonds is 28. The Hall–Kier alpha value is -2.17. The summed E-state index contributed by atoms with van der Waals surface area (Å²) in [5.41, 5.74) is 0. The van der Waals surface area contributed by atoms with Crippen LogP contribution in [0.2, 0.25) is 0 Å². The summed E-state index contributed by atoms with van der Waals surface area (Å²) in [5, 5.41) is 9.45. The highest BCUT2D eigenvalue weighted by molar-refractivity contribution is 5.69. The minimum absolute atomic E-state index is 0.190. The van der Waals surface area contributed by atoms with Gasteiger partial charge in [0, 0.05) is 13.0 Å². The van der Waals surface area contributed by atoms with Crippen LogP contribution >= 0.6 is 0 Å². The van der Waals surface area contributed by atoms with Crippen LogP contribution in [0.4, 0.5) is 0 Å². The van der Waals surface area contributed by atoms with Gasteiger partial charge >= 0.3 is 5.97 Å². The van der Waals surface area contributed by atoms with E-state index in [0.29, 0.717) is 13.0 Å². The van der Waals surface area contributed by atoms with Crippen molar-refractivity contribution in [1.82, 2.24) is 0 Å². The number of carbonyl (C=O) groups is 1. The molecule has 0 aromatic heterocycles. The Balaban J connectivity index is 3.58. The molecule has 1 N–H and O–H groups in total. The smallest absolute Gasteiger partial charge is 0.306 e. The molecule has 0 aromatic rings. The lowest BCUT2D eigenvalue weighted by molar-refractivity contribution is -0.154. The molecule has 0 radical (unpaired) electrons. The van der Waals surface area contributed by atoms with Crippen LogP contribution in [0.15, 0.2) is 72.9 Å². The Morgan fingerprint density at radius 2 is 1.12 bits per heavy atom. The second kappa shape index (κ2) is 33.0. The molecule has 0 aliphatic rings. The minimum Gasteiger partial charge on any atom is -0.457 e. The number of unbranched alkanes of at least 4 members (excludes halogenated alkanes) is 8. The molecule has 1 unspecified atom stereocenters. The van der Waals surface area contributed by atoms with Gasteiger partial charge in [-0.05, 0) is 64.2 Å². The van der Waals surface area contributed by atoms with Gasteiger partial charge in [0.1, 0.15) is 6.10 Å². The maximum atomic E-state index is 11.9. The van der Waals surface area contributed by atoms with Crippen LogP contribution in [-0.2, 0) is 14.3 Å². The Morgan fingerprint density at radius 1 is 0.625 bits per heavy atom. The summed E-state index contributed by atoms with van der Waals surface area (Å²) in [6.07, 6.45) is 43.8. The normalized spacial score (nSPS) is 13.4. The summed E-state index contributed by atoms with van der Waals surface area (Å²) in [6, 6.07) is 0. The van der Waals surface area contributed by atoms with Gasteiger partial charge in [-0.3, -0.25) is 4.79 Å². The van der Waals surface area contributed by atoms with E-state index in [0.717, 1.165) is 77.0 Å². The van der Waals surface area contributed by atoms with Crippen LogP contribution < -0.4 is 0 Å². The molecular formula is C36H60O4. The molecule has 0 aliphatic heterocycles. The van der Waals surface area contributed by atoms with Crippen molar-refractivity contribution in [3.63, 3.8) is 0 Å². The van der Waals surface area contributed by atoms with Gasteiger partial charge in [-0.25, -0.2) is 0 Å². The van der Waals surface area contributed by atoms with Gasteiger partial charge in [0.05, 0.1) is 13.2 Å². The van der Waals surface area contributed by atoms with Crippen molar-refractivity contribution in [3.8, 4) is 0 Å². The highest BCUT2D eigenvalue weighted by atomic mass is 16.6. The lowest BCUT2D eigenvalue weighted by atomic mass is 10.1. The maximum Gasteiger partial charge on any atom is 0.306 e. The Morgan fingerprint density at radius 3 is 1.68 bits per heavy atom. The first-order valence-electron chi connectivity index (χ1n) is 16.0. The maximum absolute atomic E-state index is 11.9. The van der Waals surface area contributed by atoms with Gasteiger partial charge in [-0.1, -0.05) is 125 Å². The molecule has 0 heterocycles. The molecule has 40 heavy (non-hydrogen) atoms. The van der Waals surface area contributed by atoms with Crippen molar-refractivity contribution >= 4 is 5.97 Å². The second-order valence-electron chi connectivity index (χ2n) is 10.2. The average Bonchev–Trinajstić information content (AvgIpc) is 2.96. The van der Waals surface area contributed by atoms with Crippen LogP contribution in [0, 0.1) is 0 Å². The van der Waals surface area contributed by atoms with Gasteiger partial charge < -0.3 is 14.6 Å². The first-order valence-corrected chi connectivity index (χ1v) is 16.0. The number of ether oxygens (including phenoxy) is 2. The van der Waals surface area contributed by atoms with Crippen molar-refractivity contribution in [2.75, 3.05) is 19.8 Å². The highest BCUT2D eigenvalue weighted by Crippen LogP contribution is 2.09. The van der Waals surface area contributed by atoms with Crippen LogP contribution in [0.25, 0.3) is 0 Å². The molecule has 228 valence electrons. The van der Waals surface area contributed by atoms with E-state index >= 15 is 0 Å². The Bertz CT molecular complexity index is 714. The summed E-state index contributed by atoms with van der Waals surface area (Å²) in [6.45, 7) is 5.07. The van der Waals surface area contributed by atoms with Gasteiger partial charge in [0.2, 0.25) is 0 Å². The van der Waals surface area contributed by atoms with E-state index < -0.39 is 6.10 Å². The van der Waals surface area contributed by atoms with Crippen LogP contribution in [0.5, 0.6) is 0 Å². The predicted molar refractivity (Wildman–Crippen MR) is 172 cm³/mol. The fourth-order valence-electron chi connectivity index (χ4n) is 3.92. The number of aliphatic hydroxyl groups is 1. The molecule has 1 atom stereocenters. The number of carbonyl (C=O) groups excluding carboxylic acids is 1. The molecular weight excluding hydrogens is 496 g/mol. The first kappa shape index (κ1) is 37.8. The van der Waals surface area contributed by atoms with E-state index in [1.54, 1.807) is 0 Å². The zero-order valence-corrected chi connectivity index (χ0v) is 25.8. The van der Waals surface area contributed by atoms with Crippen LogP contribution in [-0.4, -0.2) is 37.0 Å². The molecule has 0 saturated carbocycles. The van der Waals surface area contributed by atoms with Crippen molar-refractivity contribution in [1.29, 1.82) is 0 Å². The number of allylic oxidation sites excluding steroid dienone is 12. The summed E-state index contributed by atoms with van der Waals surface area (Å²) < 4.78 is 11.0. The molecule has 4 nitrogen and oxygen atoms in total. The summed E-state index contributed by atoms with van der Waals surface area (Å²) >= 11 is 0. The number of aliphatic hydroxyl groups excluding tert-OH is 1.